The Morgan fingerprint density at radius 1 is 1.08 bits per heavy atom. The number of hydrogen-bond donors (Lipinski definition) is 1. The second-order valence-electron chi connectivity index (χ2n) is 6.02. The molecule has 1 N–H and O–H groups in total. The molecule has 0 aromatic heterocycles. The summed E-state index contributed by atoms with van der Waals surface area (Å²) in [4.78, 5) is 0.248. The van der Waals surface area contributed by atoms with E-state index in [1.165, 1.54) is 0 Å². The van der Waals surface area contributed by atoms with Crippen LogP contribution in [-0.4, -0.2) is 21.6 Å². The number of nitrogens with one attached hydrogen (secondary N) is 1. The fourth-order valence-electron chi connectivity index (χ4n) is 2.72. The molecule has 1 aliphatic rings. The monoisotopic (exact) mass is 365 g/mol. The van der Waals surface area contributed by atoms with Gasteiger partial charge in [-0.3, -0.25) is 0 Å². The molecule has 0 unspecified atom stereocenters. The molecule has 0 bridgehead atoms. The van der Waals surface area contributed by atoms with Crippen LogP contribution in [-0.2, 0) is 15.4 Å². The summed E-state index contributed by atoms with van der Waals surface area (Å²) in [6.07, 6.45) is 1.95. The maximum absolute atomic E-state index is 12.5. The summed E-state index contributed by atoms with van der Waals surface area (Å²) in [5, 5.41) is 0.685. The highest BCUT2D eigenvalue weighted by Gasteiger charge is 2.44. The second-order valence-corrected chi connectivity index (χ2v) is 8.22. The number of ether oxygens (including phenoxy) is 1. The number of rotatable bonds is 7. The van der Waals surface area contributed by atoms with E-state index in [1.807, 2.05) is 31.2 Å². The standard InChI is InChI=1S/C18H20ClNO3S/c1-2-23-16-7-9-17(10-8-16)24(21,22)20-13-18(11-12-18)14-3-5-15(19)6-4-14/h3-10,20H,2,11-13H2,1H3. The molecule has 1 saturated carbocycles. The van der Waals surface area contributed by atoms with Crippen LogP contribution in [0.15, 0.2) is 53.4 Å². The fraction of sp³-hybridized carbons (Fsp3) is 0.333. The maximum atomic E-state index is 12.5. The smallest absolute Gasteiger partial charge is 0.240 e. The van der Waals surface area contributed by atoms with Crippen LogP contribution in [0.4, 0.5) is 0 Å². The molecule has 24 heavy (non-hydrogen) atoms. The molecule has 0 heterocycles. The molecule has 0 amide bonds. The summed E-state index contributed by atoms with van der Waals surface area (Å²) in [6, 6.07) is 14.1. The van der Waals surface area contributed by atoms with Gasteiger partial charge in [0.1, 0.15) is 5.75 Å². The van der Waals surface area contributed by atoms with Crippen molar-refractivity contribution >= 4 is 21.6 Å². The van der Waals surface area contributed by atoms with Crippen molar-refractivity contribution in [3.63, 3.8) is 0 Å². The van der Waals surface area contributed by atoms with E-state index >= 15 is 0 Å². The second kappa shape index (κ2) is 6.75. The van der Waals surface area contributed by atoms with Gasteiger partial charge in [-0.2, -0.15) is 0 Å². The first-order valence-corrected chi connectivity index (χ1v) is 9.80. The van der Waals surface area contributed by atoms with Crippen molar-refractivity contribution in [2.45, 2.75) is 30.1 Å². The van der Waals surface area contributed by atoms with Gasteiger partial charge in [0, 0.05) is 17.0 Å². The molecule has 0 aliphatic heterocycles. The van der Waals surface area contributed by atoms with E-state index in [0.29, 0.717) is 23.9 Å². The Balaban J connectivity index is 1.70. The Hall–Kier alpha value is -1.56. The molecule has 4 nitrogen and oxygen atoms in total. The molecular weight excluding hydrogens is 346 g/mol. The van der Waals surface area contributed by atoms with Gasteiger partial charge in [-0.25, -0.2) is 13.1 Å². The zero-order valence-corrected chi connectivity index (χ0v) is 15.0. The zero-order valence-electron chi connectivity index (χ0n) is 13.5. The van der Waals surface area contributed by atoms with Gasteiger partial charge in [-0.1, -0.05) is 23.7 Å². The van der Waals surface area contributed by atoms with Crippen LogP contribution in [0.2, 0.25) is 5.02 Å². The van der Waals surface area contributed by atoms with Gasteiger partial charge in [0.15, 0.2) is 0 Å². The lowest BCUT2D eigenvalue weighted by Crippen LogP contribution is -2.32. The maximum Gasteiger partial charge on any atom is 0.240 e. The number of hydrogen-bond acceptors (Lipinski definition) is 3. The Kier molecular flexibility index (Phi) is 4.85. The molecular formula is C18H20ClNO3S. The highest BCUT2D eigenvalue weighted by Crippen LogP contribution is 2.48. The van der Waals surface area contributed by atoms with E-state index < -0.39 is 10.0 Å². The average Bonchev–Trinajstić information content (AvgIpc) is 3.36. The van der Waals surface area contributed by atoms with Gasteiger partial charge in [-0.05, 0) is 61.7 Å². The molecule has 6 heteroatoms. The van der Waals surface area contributed by atoms with Crippen molar-refractivity contribution in [2.24, 2.45) is 0 Å². The Bertz CT molecular complexity index is 797. The SMILES string of the molecule is CCOc1ccc(S(=O)(=O)NCC2(c3ccc(Cl)cc3)CC2)cc1. The summed E-state index contributed by atoms with van der Waals surface area (Å²) in [7, 11) is -3.53. The molecule has 2 aromatic rings. The number of sulfonamides is 1. The van der Waals surface area contributed by atoms with Crippen LogP contribution in [0.1, 0.15) is 25.3 Å². The highest BCUT2D eigenvalue weighted by atomic mass is 35.5. The number of benzene rings is 2. The third kappa shape index (κ3) is 3.74. The minimum absolute atomic E-state index is 0.108. The minimum Gasteiger partial charge on any atom is -0.494 e. The van der Waals surface area contributed by atoms with Crippen molar-refractivity contribution in [1.29, 1.82) is 0 Å². The molecule has 0 saturated heterocycles. The van der Waals surface area contributed by atoms with Crippen molar-refractivity contribution < 1.29 is 13.2 Å². The molecule has 3 rings (SSSR count). The first kappa shape index (κ1) is 17.3. The summed E-state index contributed by atoms with van der Waals surface area (Å²) in [5.74, 6) is 0.663. The lowest BCUT2D eigenvalue weighted by Gasteiger charge is -2.17. The topological polar surface area (TPSA) is 55.4 Å². The lowest BCUT2D eigenvalue weighted by atomic mass is 9.96. The van der Waals surface area contributed by atoms with Gasteiger partial charge in [-0.15, -0.1) is 0 Å². The summed E-state index contributed by atoms with van der Waals surface area (Å²) < 4.78 is 33.1. The van der Waals surface area contributed by atoms with Gasteiger partial charge >= 0.3 is 0 Å². The van der Waals surface area contributed by atoms with Crippen molar-refractivity contribution in [3.8, 4) is 5.75 Å². The summed E-state index contributed by atoms with van der Waals surface area (Å²) in [6.45, 7) is 2.83. The van der Waals surface area contributed by atoms with Crippen LogP contribution < -0.4 is 9.46 Å². The van der Waals surface area contributed by atoms with Crippen molar-refractivity contribution in [2.75, 3.05) is 13.2 Å². The molecule has 128 valence electrons. The van der Waals surface area contributed by atoms with E-state index in [-0.39, 0.29) is 10.3 Å². The Morgan fingerprint density at radius 2 is 1.71 bits per heavy atom. The van der Waals surface area contributed by atoms with Crippen LogP contribution >= 0.6 is 11.6 Å². The van der Waals surface area contributed by atoms with Gasteiger partial charge < -0.3 is 4.74 Å². The van der Waals surface area contributed by atoms with Crippen LogP contribution in [0.3, 0.4) is 0 Å². The molecule has 1 aliphatic carbocycles. The van der Waals surface area contributed by atoms with Crippen molar-refractivity contribution in [1.82, 2.24) is 4.72 Å². The van der Waals surface area contributed by atoms with Gasteiger partial charge in [0.05, 0.1) is 11.5 Å². The first-order chi connectivity index (χ1) is 11.5. The molecule has 0 radical (unpaired) electrons. The minimum atomic E-state index is -3.53. The fourth-order valence-corrected chi connectivity index (χ4v) is 3.97. The van der Waals surface area contributed by atoms with Gasteiger partial charge in [0.25, 0.3) is 0 Å². The average molecular weight is 366 g/mol. The van der Waals surface area contributed by atoms with Crippen LogP contribution in [0.25, 0.3) is 0 Å². The Morgan fingerprint density at radius 3 is 2.25 bits per heavy atom. The van der Waals surface area contributed by atoms with E-state index in [0.717, 1.165) is 18.4 Å². The van der Waals surface area contributed by atoms with E-state index in [1.54, 1.807) is 24.3 Å². The first-order valence-electron chi connectivity index (χ1n) is 7.94. The van der Waals surface area contributed by atoms with Gasteiger partial charge in [0.2, 0.25) is 10.0 Å². The third-order valence-corrected chi connectivity index (χ3v) is 6.02. The van der Waals surface area contributed by atoms with Crippen molar-refractivity contribution in [3.05, 3.63) is 59.1 Å². The number of halogens is 1. The predicted molar refractivity (Wildman–Crippen MR) is 95.2 cm³/mol. The van der Waals surface area contributed by atoms with Crippen LogP contribution in [0, 0.1) is 0 Å². The highest BCUT2D eigenvalue weighted by molar-refractivity contribution is 7.89. The quantitative estimate of drug-likeness (QED) is 0.813. The lowest BCUT2D eigenvalue weighted by molar-refractivity contribution is 0.340. The van der Waals surface area contributed by atoms with E-state index in [9.17, 15) is 8.42 Å². The predicted octanol–water partition coefficient (Wildman–Crippen LogP) is 3.75. The summed E-state index contributed by atoms with van der Waals surface area (Å²) in [5.41, 5.74) is 1.02. The largest absolute Gasteiger partial charge is 0.494 e. The van der Waals surface area contributed by atoms with E-state index in [4.69, 9.17) is 16.3 Å². The summed E-state index contributed by atoms with van der Waals surface area (Å²) >= 11 is 5.93. The normalized spacial score (nSPS) is 15.9. The van der Waals surface area contributed by atoms with E-state index in [2.05, 4.69) is 4.72 Å². The molecule has 2 aromatic carbocycles. The molecule has 1 fully saturated rings. The molecule has 0 atom stereocenters. The van der Waals surface area contributed by atoms with Crippen LogP contribution in [0.5, 0.6) is 5.75 Å². The zero-order chi connectivity index (χ0) is 17.2. The third-order valence-electron chi connectivity index (χ3n) is 4.36. The Labute approximate surface area is 147 Å². The molecule has 0 spiro atoms.